The van der Waals surface area contributed by atoms with E-state index in [4.69, 9.17) is 10.2 Å². The van der Waals surface area contributed by atoms with E-state index >= 15 is 0 Å². The number of rotatable bonds is 22. The average molecular weight is 415 g/mol. The lowest BCUT2D eigenvalue weighted by Gasteiger charge is -2.01. The van der Waals surface area contributed by atoms with Gasteiger partial charge in [0.05, 0.1) is 0 Å². The van der Waals surface area contributed by atoms with E-state index in [9.17, 15) is 4.79 Å². The second-order valence-electron chi connectivity index (χ2n) is 8.58. The number of carboxylic acids is 1. The fourth-order valence-electron chi connectivity index (χ4n) is 3.54. The normalized spacial score (nSPS) is 10.6. The SMILES string of the molecule is CCCCCCCCCCCC(=O)O.CCCCCCCCCCCCCCO. The van der Waals surface area contributed by atoms with Crippen molar-refractivity contribution in [2.75, 3.05) is 6.61 Å². The van der Waals surface area contributed by atoms with Crippen LogP contribution in [0.25, 0.3) is 0 Å². The third-order valence-corrected chi connectivity index (χ3v) is 5.51. The highest BCUT2D eigenvalue weighted by molar-refractivity contribution is 5.66. The molecule has 29 heavy (non-hydrogen) atoms. The molecule has 0 heterocycles. The second-order valence-corrected chi connectivity index (χ2v) is 8.58. The van der Waals surface area contributed by atoms with Crippen molar-refractivity contribution in [3.63, 3.8) is 0 Å². The van der Waals surface area contributed by atoms with Gasteiger partial charge in [-0.15, -0.1) is 0 Å². The minimum Gasteiger partial charge on any atom is -0.481 e. The Balaban J connectivity index is 0. The van der Waals surface area contributed by atoms with Crippen molar-refractivity contribution in [1.29, 1.82) is 0 Å². The van der Waals surface area contributed by atoms with Crippen LogP contribution in [-0.4, -0.2) is 22.8 Å². The lowest BCUT2D eigenvalue weighted by molar-refractivity contribution is -0.137. The summed E-state index contributed by atoms with van der Waals surface area (Å²) in [5, 5.41) is 17.0. The van der Waals surface area contributed by atoms with Crippen LogP contribution < -0.4 is 0 Å². The number of unbranched alkanes of at least 4 members (excludes halogenated alkanes) is 19. The maximum Gasteiger partial charge on any atom is 0.303 e. The highest BCUT2D eigenvalue weighted by Crippen LogP contribution is 2.12. The molecule has 0 aliphatic rings. The highest BCUT2D eigenvalue weighted by Gasteiger charge is 1.96. The number of aliphatic hydroxyl groups is 1. The molecule has 2 N–H and O–H groups in total. The molecule has 0 fully saturated rings. The van der Waals surface area contributed by atoms with E-state index < -0.39 is 5.97 Å². The van der Waals surface area contributed by atoms with Gasteiger partial charge in [0, 0.05) is 13.0 Å². The predicted octanol–water partition coefficient (Wildman–Crippen LogP) is 8.67. The number of carboxylic acid groups (broad SMARTS) is 1. The topological polar surface area (TPSA) is 57.5 Å². The molecule has 0 aromatic carbocycles. The molecule has 0 atom stereocenters. The summed E-state index contributed by atoms with van der Waals surface area (Å²) in [4.78, 5) is 10.2. The van der Waals surface area contributed by atoms with E-state index in [1.54, 1.807) is 0 Å². The molecule has 0 rings (SSSR count). The Hall–Kier alpha value is -0.570. The molecule has 3 heteroatoms. The molecule has 0 spiro atoms. The number of aliphatic hydroxyl groups excluding tert-OH is 1. The monoisotopic (exact) mass is 414 g/mol. The standard InChI is InChI=1S/C14H30O.C12H24O2/c1-2-3-4-5-6-7-8-9-10-11-12-13-14-15;1-2-3-4-5-6-7-8-9-10-11-12(13)14/h15H,2-14H2,1H3;2-11H2,1H3,(H,13,14). The molecule has 3 nitrogen and oxygen atoms in total. The predicted molar refractivity (Wildman–Crippen MR) is 128 cm³/mol. The molecule has 0 aliphatic carbocycles. The molecule has 0 radical (unpaired) electrons. The lowest BCUT2D eigenvalue weighted by Crippen LogP contribution is -1.93. The van der Waals surface area contributed by atoms with Crippen LogP contribution in [-0.2, 0) is 4.79 Å². The summed E-state index contributed by atoms with van der Waals surface area (Å²) in [5.41, 5.74) is 0. The van der Waals surface area contributed by atoms with Gasteiger partial charge in [0.2, 0.25) is 0 Å². The summed E-state index contributed by atoms with van der Waals surface area (Å²) in [5.74, 6) is -0.659. The largest absolute Gasteiger partial charge is 0.481 e. The third kappa shape index (κ3) is 35.3. The van der Waals surface area contributed by atoms with Crippen LogP contribution >= 0.6 is 0 Å². The van der Waals surface area contributed by atoms with Gasteiger partial charge in [-0.2, -0.15) is 0 Å². The number of aliphatic carboxylic acids is 1. The molecule has 0 aliphatic heterocycles. The Kier molecular flexibility index (Phi) is 31.3. The molecular formula is C26H54O3. The van der Waals surface area contributed by atoms with Gasteiger partial charge in [-0.3, -0.25) is 4.79 Å². The van der Waals surface area contributed by atoms with Crippen LogP contribution in [0.3, 0.4) is 0 Å². The average Bonchev–Trinajstić information content (AvgIpc) is 2.71. The lowest BCUT2D eigenvalue weighted by atomic mass is 10.1. The molecule has 0 aromatic rings. The summed E-state index contributed by atoms with van der Waals surface area (Å²) in [6, 6.07) is 0. The summed E-state index contributed by atoms with van der Waals surface area (Å²) in [6.45, 7) is 4.87. The Morgan fingerprint density at radius 2 is 0.759 bits per heavy atom. The maximum atomic E-state index is 10.2. The number of carbonyl (C=O) groups is 1. The first-order valence-corrected chi connectivity index (χ1v) is 13.0. The van der Waals surface area contributed by atoms with Gasteiger partial charge in [0.1, 0.15) is 0 Å². The van der Waals surface area contributed by atoms with E-state index in [0.717, 1.165) is 19.3 Å². The molecule has 0 saturated heterocycles. The number of hydrogen-bond donors (Lipinski definition) is 2. The van der Waals surface area contributed by atoms with Crippen molar-refractivity contribution in [3.8, 4) is 0 Å². The van der Waals surface area contributed by atoms with Gasteiger partial charge < -0.3 is 10.2 Å². The highest BCUT2D eigenvalue weighted by atomic mass is 16.4. The first-order valence-electron chi connectivity index (χ1n) is 13.0. The Morgan fingerprint density at radius 3 is 1.03 bits per heavy atom. The van der Waals surface area contributed by atoms with Gasteiger partial charge in [0.15, 0.2) is 0 Å². The minimum atomic E-state index is -0.659. The van der Waals surface area contributed by atoms with E-state index in [1.165, 1.54) is 116 Å². The van der Waals surface area contributed by atoms with Crippen molar-refractivity contribution in [1.82, 2.24) is 0 Å². The van der Waals surface area contributed by atoms with E-state index in [2.05, 4.69) is 13.8 Å². The molecule has 0 aromatic heterocycles. The van der Waals surface area contributed by atoms with Crippen molar-refractivity contribution in [3.05, 3.63) is 0 Å². The fourth-order valence-corrected chi connectivity index (χ4v) is 3.54. The molecule has 0 amide bonds. The van der Waals surface area contributed by atoms with E-state index in [0.29, 0.717) is 13.0 Å². The molecule has 0 unspecified atom stereocenters. The van der Waals surface area contributed by atoms with Crippen molar-refractivity contribution in [2.24, 2.45) is 0 Å². The third-order valence-electron chi connectivity index (χ3n) is 5.51. The van der Waals surface area contributed by atoms with Crippen LogP contribution in [0.1, 0.15) is 155 Å². The zero-order valence-electron chi connectivity index (χ0n) is 20.1. The minimum absolute atomic E-state index is 0.343. The second kappa shape index (κ2) is 29.6. The Morgan fingerprint density at radius 1 is 0.483 bits per heavy atom. The van der Waals surface area contributed by atoms with Crippen LogP contribution in [0.2, 0.25) is 0 Å². The molecule has 0 bridgehead atoms. The molecule has 0 saturated carbocycles. The van der Waals surface area contributed by atoms with Crippen molar-refractivity contribution >= 4 is 5.97 Å². The van der Waals surface area contributed by atoms with Crippen LogP contribution in [0, 0.1) is 0 Å². The van der Waals surface area contributed by atoms with Gasteiger partial charge in [-0.25, -0.2) is 0 Å². The summed E-state index contributed by atoms with van der Waals surface area (Å²) in [6.07, 6.45) is 27.7. The van der Waals surface area contributed by atoms with Crippen molar-refractivity contribution < 1.29 is 15.0 Å². The quantitative estimate of drug-likeness (QED) is 0.174. The smallest absolute Gasteiger partial charge is 0.303 e. The van der Waals surface area contributed by atoms with Gasteiger partial charge >= 0.3 is 5.97 Å². The summed E-state index contributed by atoms with van der Waals surface area (Å²) < 4.78 is 0. The van der Waals surface area contributed by atoms with Gasteiger partial charge in [-0.1, -0.05) is 136 Å². The molecular weight excluding hydrogens is 360 g/mol. The van der Waals surface area contributed by atoms with Crippen molar-refractivity contribution in [2.45, 2.75) is 155 Å². The first kappa shape index (κ1) is 30.6. The van der Waals surface area contributed by atoms with Crippen LogP contribution in [0.5, 0.6) is 0 Å². The molecule has 176 valence electrons. The van der Waals surface area contributed by atoms with Gasteiger partial charge in [-0.05, 0) is 12.8 Å². The summed E-state index contributed by atoms with van der Waals surface area (Å²) in [7, 11) is 0. The van der Waals surface area contributed by atoms with Crippen LogP contribution in [0.4, 0.5) is 0 Å². The first-order chi connectivity index (χ1) is 14.2. The maximum absolute atomic E-state index is 10.2. The fraction of sp³-hybridized carbons (Fsp3) is 0.962. The Bertz CT molecular complexity index is 280. The zero-order valence-corrected chi connectivity index (χ0v) is 20.1. The van der Waals surface area contributed by atoms with E-state index in [1.807, 2.05) is 0 Å². The van der Waals surface area contributed by atoms with Gasteiger partial charge in [0.25, 0.3) is 0 Å². The zero-order chi connectivity index (χ0) is 21.8. The van der Waals surface area contributed by atoms with E-state index in [-0.39, 0.29) is 0 Å². The summed E-state index contributed by atoms with van der Waals surface area (Å²) >= 11 is 0. The number of hydrogen-bond acceptors (Lipinski definition) is 2. The van der Waals surface area contributed by atoms with Crippen LogP contribution in [0.15, 0.2) is 0 Å². The Labute approximate surface area is 183 Å².